The van der Waals surface area contributed by atoms with E-state index in [4.69, 9.17) is 8.85 Å². The fraction of sp³-hybridized carbons (Fsp3) is 0.490. The van der Waals surface area contributed by atoms with E-state index in [1.807, 2.05) is 30.3 Å². The number of rotatable bonds is 19. The number of hydrogen-bond acceptors (Lipinski definition) is 4. The minimum Gasteiger partial charge on any atom is -0.417 e. The van der Waals surface area contributed by atoms with E-state index in [-0.39, 0.29) is 21.7 Å². The highest BCUT2D eigenvalue weighted by Crippen LogP contribution is 2.57. The van der Waals surface area contributed by atoms with Crippen molar-refractivity contribution in [2.45, 2.75) is 157 Å². The van der Waals surface area contributed by atoms with Crippen LogP contribution in [-0.4, -0.2) is 50.6 Å². The number of hydrogen-bond donors (Lipinski definition) is 0. The van der Waals surface area contributed by atoms with Crippen molar-refractivity contribution < 1.29 is 17.3 Å². The van der Waals surface area contributed by atoms with Crippen LogP contribution in [0.25, 0.3) is 0 Å². The van der Waals surface area contributed by atoms with Gasteiger partial charge in [-0.25, -0.2) is 8.42 Å². The monoisotopic (exact) mass is 866 g/mol. The second-order valence-electron chi connectivity index (χ2n) is 20.1. The molecule has 1 unspecified atom stereocenters. The summed E-state index contributed by atoms with van der Waals surface area (Å²) in [5.74, 6) is 0. The molecule has 0 saturated heterocycles. The van der Waals surface area contributed by atoms with Crippen LogP contribution in [0.2, 0.25) is 41.8 Å². The minimum atomic E-state index is -3.81. The molecule has 0 spiro atoms. The summed E-state index contributed by atoms with van der Waals surface area (Å²) in [6.07, 6.45) is 12.7. The van der Waals surface area contributed by atoms with Crippen LogP contribution < -0.4 is 15.6 Å². The molecule has 4 aromatic carbocycles. The highest BCUT2D eigenvalue weighted by atomic mass is 32.2. The SMILES string of the molecule is CC(C)(C)[Si](C)(C)OCCCCCCC/C=C/CC1(S(=O)(=O)c2ccccc2)CC[C@@H](O[Si](c2ccccc2)(c2ccccc2)C(C)(C)C)[C@@H]1[Si](C)(C)c1ccccc1. The Balaban J connectivity index is 1.50. The van der Waals surface area contributed by atoms with Gasteiger partial charge in [0.2, 0.25) is 0 Å². The van der Waals surface area contributed by atoms with Crippen molar-refractivity contribution in [1.29, 1.82) is 0 Å². The molecule has 5 rings (SSSR count). The summed E-state index contributed by atoms with van der Waals surface area (Å²) in [5.41, 5.74) is -0.206. The number of allylic oxidation sites excluding steroid dienone is 2. The maximum Gasteiger partial charge on any atom is 0.261 e. The number of sulfone groups is 1. The van der Waals surface area contributed by atoms with Gasteiger partial charge >= 0.3 is 0 Å². The van der Waals surface area contributed by atoms with Crippen LogP contribution in [-0.2, 0) is 18.7 Å². The third kappa shape index (κ3) is 10.3. The third-order valence-corrected chi connectivity index (χ3v) is 30.5. The van der Waals surface area contributed by atoms with Crippen LogP contribution in [0.15, 0.2) is 138 Å². The number of benzene rings is 4. The molecular formula is C51H74O4SSi3. The van der Waals surface area contributed by atoms with Crippen LogP contribution in [0.3, 0.4) is 0 Å². The molecule has 3 atom stereocenters. The van der Waals surface area contributed by atoms with Gasteiger partial charge in [-0.15, -0.1) is 0 Å². The maximum atomic E-state index is 15.6. The van der Waals surface area contributed by atoms with Crippen molar-refractivity contribution in [3.8, 4) is 0 Å². The predicted molar refractivity (Wildman–Crippen MR) is 260 cm³/mol. The average molecular weight is 867 g/mol. The molecule has 0 radical (unpaired) electrons. The zero-order valence-corrected chi connectivity index (χ0v) is 41.8. The molecule has 320 valence electrons. The van der Waals surface area contributed by atoms with Gasteiger partial charge in [-0.3, -0.25) is 0 Å². The number of unbranched alkanes of at least 4 members (excludes halogenated alkanes) is 5. The summed E-state index contributed by atoms with van der Waals surface area (Å²) in [5, 5.41) is 3.73. The molecule has 1 saturated carbocycles. The summed E-state index contributed by atoms with van der Waals surface area (Å²) in [6.45, 7) is 24.2. The van der Waals surface area contributed by atoms with Crippen LogP contribution in [0.1, 0.15) is 99.3 Å². The summed E-state index contributed by atoms with van der Waals surface area (Å²) in [4.78, 5) is 0.417. The molecule has 1 aliphatic rings. The lowest BCUT2D eigenvalue weighted by molar-refractivity contribution is 0.189. The van der Waals surface area contributed by atoms with Crippen molar-refractivity contribution >= 4 is 50.1 Å². The Labute approximate surface area is 362 Å². The summed E-state index contributed by atoms with van der Waals surface area (Å²) in [6, 6.07) is 41.7. The largest absolute Gasteiger partial charge is 0.417 e. The van der Waals surface area contributed by atoms with Crippen molar-refractivity contribution in [2.75, 3.05) is 6.61 Å². The molecular weight excluding hydrogens is 793 g/mol. The average Bonchev–Trinajstić information content (AvgIpc) is 3.59. The van der Waals surface area contributed by atoms with Crippen molar-refractivity contribution in [3.05, 3.63) is 133 Å². The Bertz CT molecular complexity index is 1980. The minimum absolute atomic E-state index is 0.206. The van der Waals surface area contributed by atoms with Crippen molar-refractivity contribution in [2.24, 2.45) is 0 Å². The molecule has 0 aromatic heterocycles. The molecule has 1 aliphatic carbocycles. The van der Waals surface area contributed by atoms with Gasteiger partial charge in [0.15, 0.2) is 18.2 Å². The predicted octanol–water partition coefficient (Wildman–Crippen LogP) is 12.2. The first-order valence-electron chi connectivity index (χ1n) is 22.2. The Kier molecular flexibility index (Phi) is 15.6. The van der Waals surface area contributed by atoms with Gasteiger partial charge in [-0.2, -0.15) is 0 Å². The first-order chi connectivity index (χ1) is 27.8. The van der Waals surface area contributed by atoms with Crippen LogP contribution >= 0.6 is 0 Å². The molecule has 0 N–H and O–H groups in total. The van der Waals surface area contributed by atoms with E-state index in [1.165, 1.54) is 34.8 Å². The molecule has 4 nitrogen and oxygen atoms in total. The smallest absolute Gasteiger partial charge is 0.261 e. The van der Waals surface area contributed by atoms with Gasteiger partial charge in [0.25, 0.3) is 8.32 Å². The topological polar surface area (TPSA) is 52.6 Å². The molecule has 0 amide bonds. The first kappa shape index (κ1) is 47.2. The van der Waals surface area contributed by atoms with Gasteiger partial charge in [-0.05, 0) is 84.2 Å². The Hall–Kier alpha value is -2.86. The molecule has 0 aliphatic heterocycles. The highest BCUT2D eigenvalue weighted by molar-refractivity contribution is 7.93. The molecule has 0 bridgehead atoms. The Morgan fingerprint density at radius 2 is 1.10 bits per heavy atom. The van der Waals surface area contributed by atoms with Gasteiger partial charge < -0.3 is 8.85 Å². The van der Waals surface area contributed by atoms with Crippen LogP contribution in [0.5, 0.6) is 0 Å². The summed E-state index contributed by atoms with van der Waals surface area (Å²) < 4.78 is 44.7. The van der Waals surface area contributed by atoms with E-state index in [1.54, 1.807) is 0 Å². The van der Waals surface area contributed by atoms with E-state index >= 15 is 8.42 Å². The Morgan fingerprint density at radius 1 is 0.627 bits per heavy atom. The summed E-state index contributed by atoms with van der Waals surface area (Å²) in [7, 11) is -11.1. The van der Waals surface area contributed by atoms with Gasteiger partial charge in [-0.1, -0.05) is 200 Å². The van der Waals surface area contributed by atoms with Crippen molar-refractivity contribution in [1.82, 2.24) is 0 Å². The zero-order chi connectivity index (χ0) is 43.0. The second-order valence-corrected chi connectivity index (χ2v) is 36.1. The second kappa shape index (κ2) is 19.5. The third-order valence-electron chi connectivity index (χ3n) is 13.8. The fourth-order valence-corrected chi connectivity index (χ4v) is 23.2. The quantitative estimate of drug-likeness (QED) is 0.0535. The van der Waals surface area contributed by atoms with E-state index < -0.39 is 39.3 Å². The van der Waals surface area contributed by atoms with Crippen LogP contribution in [0, 0.1) is 0 Å². The van der Waals surface area contributed by atoms with E-state index in [0.717, 1.165) is 25.9 Å². The molecule has 4 aromatic rings. The van der Waals surface area contributed by atoms with Crippen molar-refractivity contribution in [3.63, 3.8) is 0 Å². The van der Waals surface area contributed by atoms with Gasteiger partial charge in [0.05, 0.1) is 17.7 Å². The Morgan fingerprint density at radius 3 is 1.61 bits per heavy atom. The van der Waals surface area contributed by atoms with Crippen LogP contribution in [0.4, 0.5) is 0 Å². The van der Waals surface area contributed by atoms with E-state index in [9.17, 15) is 0 Å². The van der Waals surface area contributed by atoms with Gasteiger partial charge in [0.1, 0.15) is 0 Å². The lowest BCUT2D eigenvalue weighted by Crippen LogP contribution is -2.69. The fourth-order valence-electron chi connectivity index (χ4n) is 9.58. The standard InChI is InChI=1S/C51H74O4SSi3/c1-49(2,3)58(9,10)54-42-30-16-14-12-11-13-15-29-40-51(56(52,53)43-31-21-17-22-32-43)41-39-47(48(51)57(7,8)44-33-23-18-24-34-44)55-59(50(4,5)6,45-35-25-19-26-36-45)46-37-27-20-28-38-46/h15,17-29,31-38,47-48H,11-14,16,30,39-42H2,1-10H3/b29-15+/t47-,48+,51?/m1/s1. The molecule has 1 fully saturated rings. The lowest BCUT2D eigenvalue weighted by Gasteiger charge is -2.49. The molecule has 8 heteroatoms. The molecule has 59 heavy (non-hydrogen) atoms. The van der Waals surface area contributed by atoms with E-state index in [0.29, 0.717) is 24.2 Å². The highest BCUT2D eigenvalue weighted by Gasteiger charge is 2.64. The lowest BCUT2D eigenvalue weighted by atomic mass is 10.0. The summed E-state index contributed by atoms with van der Waals surface area (Å²) >= 11 is 0. The maximum absolute atomic E-state index is 15.6. The first-order valence-corrected chi connectivity index (χ1v) is 31.6. The molecule has 0 heterocycles. The van der Waals surface area contributed by atoms with Gasteiger partial charge in [0, 0.05) is 18.3 Å². The van der Waals surface area contributed by atoms with E-state index in [2.05, 4.69) is 171 Å². The normalized spacial score (nSPS) is 19.7. The zero-order valence-electron chi connectivity index (χ0n) is 38.0.